The maximum atomic E-state index is 11.9. The van der Waals surface area contributed by atoms with Crippen molar-refractivity contribution >= 4 is 57.9 Å². The molecule has 0 saturated carbocycles. The third-order valence-corrected chi connectivity index (χ3v) is 4.75. The van der Waals surface area contributed by atoms with Crippen LogP contribution in [0.5, 0.6) is 0 Å². The fraction of sp³-hybridized carbons (Fsp3) is 0.235. The molecule has 0 aliphatic rings. The highest BCUT2D eigenvalue weighted by Gasteiger charge is 2.14. The molecule has 132 valence electrons. The number of halogens is 2. The molecule has 0 aliphatic carbocycles. The van der Waals surface area contributed by atoms with Crippen molar-refractivity contribution in [3.8, 4) is 0 Å². The standard InChI is InChI=1S/C17H15Cl2NO4S/c1-10-2-3-12(11(18)8-10)20-16(22)9-24-17(23)7-4-13(21)14-5-6-15(19)25-14/h2-3,5-6,8H,4,7,9H2,1H3,(H,20,22). The van der Waals surface area contributed by atoms with E-state index >= 15 is 0 Å². The summed E-state index contributed by atoms with van der Waals surface area (Å²) in [4.78, 5) is 35.8. The smallest absolute Gasteiger partial charge is 0.306 e. The lowest BCUT2D eigenvalue weighted by Gasteiger charge is -2.08. The van der Waals surface area contributed by atoms with Crippen molar-refractivity contribution in [2.75, 3.05) is 11.9 Å². The van der Waals surface area contributed by atoms with Crippen LogP contribution in [0.1, 0.15) is 28.1 Å². The van der Waals surface area contributed by atoms with E-state index < -0.39 is 18.5 Å². The summed E-state index contributed by atoms with van der Waals surface area (Å²) < 4.78 is 5.37. The number of ketones is 1. The molecule has 0 bridgehead atoms. The second-order valence-electron chi connectivity index (χ2n) is 5.22. The van der Waals surface area contributed by atoms with Crippen LogP contribution in [-0.4, -0.2) is 24.3 Å². The number of nitrogens with one attached hydrogen (secondary N) is 1. The summed E-state index contributed by atoms with van der Waals surface area (Å²) >= 11 is 12.9. The summed E-state index contributed by atoms with van der Waals surface area (Å²) in [5.74, 6) is -1.32. The Hall–Kier alpha value is -1.89. The first kappa shape index (κ1) is 19.4. The van der Waals surface area contributed by atoms with E-state index in [1.165, 1.54) is 0 Å². The number of anilines is 1. The predicted molar refractivity (Wildman–Crippen MR) is 98.7 cm³/mol. The molecule has 0 spiro atoms. The van der Waals surface area contributed by atoms with E-state index in [4.69, 9.17) is 27.9 Å². The van der Waals surface area contributed by atoms with Gasteiger partial charge in [0.2, 0.25) is 0 Å². The van der Waals surface area contributed by atoms with Crippen LogP contribution in [0.2, 0.25) is 9.36 Å². The highest BCUT2D eigenvalue weighted by Crippen LogP contribution is 2.23. The van der Waals surface area contributed by atoms with Gasteiger partial charge in [-0.05, 0) is 36.8 Å². The molecule has 1 amide bonds. The van der Waals surface area contributed by atoms with Crippen LogP contribution in [0.3, 0.4) is 0 Å². The number of carbonyl (C=O) groups is 3. The fourth-order valence-corrected chi connectivity index (χ4v) is 3.22. The molecule has 25 heavy (non-hydrogen) atoms. The van der Waals surface area contributed by atoms with Gasteiger partial charge in [0.1, 0.15) is 0 Å². The van der Waals surface area contributed by atoms with Crippen molar-refractivity contribution in [3.05, 3.63) is 50.1 Å². The Morgan fingerprint density at radius 1 is 1.12 bits per heavy atom. The Morgan fingerprint density at radius 3 is 2.52 bits per heavy atom. The van der Waals surface area contributed by atoms with Gasteiger partial charge in [-0.25, -0.2) is 0 Å². The second-order valence-corrected chi connectivity index (χ2v) is 7.34. The van der Waals surface area contributed by atoms with Gasteiger partial charge < -0.3 is 10.1 Å². The molecule has 5 nitrogen and oxygen atoms in total. The van der Waals surface area contributed by atoms with Crippen LogP contribution < -0.4 is 5.32 Å². The lowest BCUT2D eigenvalue weighted by Crippen LogP contribution is -2.21. The van der Waals surface area contributed by atoms with Gasteiger partial charge in [-0.2, -0.15) is 0 Å². The SMILES string of the molecule is Cc1ccc(NC(=O)COC(=O)CCC(=O)c2ccc(Cl)s2)c(Cl)c1. The summed E-state index contributed by atoms with van der Waals surface area (Å²) in [6.45, 7) is 1.44. The number of aryl methyl sites for hydroxylation is 1. The molecule has 2 rings (SSSR count). The minimum Gasteiger partial charge on any atom is -0.456 e. The van der Waals surface area contributed by atoms with Gasteiger partial charge in [0.15, 0.2) is 12.4 Å². The number of carbonyl (C=O) groups excluding carboxylic acids is 3. The summed E-state index contributed by atoms with van der Waals surface area (Å²) in [7, 11) is 0. The number of ether oxygens (including phenoxy) is 1. The molecule has 0 saturated heterocycles. The van der Waals surface area contributed by atoms with Gasteiger partial charge in [-0.3, -0.25) is 14.4 Å². The number of hydrogen-bond donors (Lipinski definition) is 1. The molecule has 0 fully saturated rings. The average molecular weight is 400 g/mol. The number of thiophene rings is 1. The van der Waals surface area contributed by atoms with Crippen LogP contribution >= 0.6 is 34.5 Å². The highest BCUT2D eigenvalue weighted by molar-refractivity contribution is 7.18. The van der Waals surface area contributed by atoms with Crippen molar-refractivity contribution in [1.82, 2.24) is 0 Å². The summed E-state index contributed by atoms with van der Waals surface area (Å²) in [5, 5.41) is 2.96. The molecule has 8 heteroatoms. The molecule has 1 N–H and O–H groups in total. The molecular formula is C17H15Cl2NO4S. The van der Waals surface area contributed by atoms with E-state index in [2.05, 4.69) is 5.32 Å². The maximum absolute atomic E-state index is 11.9. The van der Waals surface area contributed by atoms with Crippen LogP contribution in [0.25, 0.3) is 0 Å². The first-order valence-electron chi connectivity index (χ1n) is 7.35. The van der Waals surface area contributed by atoms with Gasteiger partial charge in [-0.15, -0.1) is 11.3 Å². The van der Waals surface area contributed by atoms with Crippen LogP contribution in [0.15, 0.2) is 30.3 Å². The number of esters is 1. The van der Waals surface area contributed by atoms with Crippen LogP contribution in [-0.2, 0) is 14.3 Å². The molecule has 2 aromatic rings. The zero-order valence-corrected chi connectivity index (χ0v) is 15.6. The van der Waals surface area contributed by atoms with Gasteiger partial charge in [-0.1, -0.05) is 29.3 Å². The number of amides is 1. The minimum absolute atomic E-state index is 0.00108. The largest absolute Gasteiger partial charge is 0.456 e. The maximum Gasteiger partial charge on any atom is 0.306 e. The normalized spacial score (nSPS) is 10.4. The average Bonchev–Trinajstić information content (AvgIpc) is 3.00. The number of hydrogen-bond acceptors (Lipinski definition) is 5. The van der Waals surface area contributed by atoms with Gasteiger partial charge in [0.05, 0.1) is 26.3 Å². The van der Waals surface area contributed by atoms with E-state index in [-0.39, 0.29) is 18.6 Å². The zero-order valence-electron chi connectivity index (χ0n) is 13.3. The second kappa shape index (κ2) is 8.99. The summed E-state index contributed by atoms with van der Waals surface area (Å²) in [5.41, 5.74) is 1.41. The van der Waals surface area contributed by atoms with Gasteiger partial charge >= 0.3 is 5.97 Å². The van der Waals surface area contributed by atoms with Crippen LogP contribution in [0, 0.1) is 6.92 Å². The molecule has 1 aromatic heterocycles. The van der Waals surface area contributed by atoms with Crippen molar-refractivity contribution in [2.45, 2.75) is 19.8 Å². The van der Waals surface area contributed by atoms with Gasteiger partial charge in [0.25, 0.3) is 5.91 Å². The number of Topliss-reactive ketones (excluding diaryl/α,β-unsaturated/α-hetero) is 1. The lowest BCUT2D eigenvalue weighted by atomic mass is 10.2. The van der Waals surface area contributed by atoms with Crippen LogP contribution in [0.4, 0.5) is 5.69 Å². The third-order valence-electron chi connectivity index (χ3n) is 3.17. The van der Waals surface area contributed by atoms with Crippen molar-refractivity contribution in [2.24, 2.45) is 0 Å². The van der Waals surface area contributed by atoms with Crippen molar-refractivity contribution in [3.63, 3.8) is 0 Å². The van der Waals surface area contributed by atoms with Crippen molar-refractivity contribution in [1.29, 1.82) is 0 Å². The van der Waals surface area contributed by atoms with E-state index in [9.17, 15) is 14.4 Å². The monoisotopic (exact) mass is 399 g/mol. The zero-order chi connectivity index (χ0) is 18.4. The summed E-state index contributed by atoms with van der Waals surface area (Å²) in [6.07, 6.45) is -0.103. The molecule has 1 aromatic carbocycles. The van der Waals surface area contributed by atoms with E-state index in [0.29, 0.717) is 19.9 Å². The Bertz CT molecular complexity index is 804. The molecule has 0 aliphatic heterocycles. The minimum atomic E-state index is -0.624. The first-order valence-corrected chi connectivity index (χ1v) is 8.92. The molecular weight excluding hydrogens is 385 g/mol. The fourth-order valence-electron chi connectivity index (χ4n) is 1.93. The first-order chi connectivity index (χ1) is 11.8. The Labute approximate surface area is 158 Å². The number of rotatable bonds is 7. The topological polar surface area (TPSA) is 72.5 Å². The Kier molecular flexibility index (Phi) is 6.99. The molecule has 0 radical (unpaired) electrons. The molecule has 1 heterocycles. The van der Waals surface area contributed by atoms with Gasteiger partial charge in [0, 0.05) is 6.42 Å². The Morgan fingerprint density at radius 2 is 1.88 bits per heavy atom. The summed E-state index contributed by atoms with van der Waals surface area (Å²) in [6, 6.07) is 8.42. The molecule has 0 atom stereocenters. The lowest BCUT2D eigenvalue weighted by molar-refractivity contribution is -0.147. The Balaban J connectivity index is 1.74. The number of benzene rings is 1. The third kappa shape index (κ3) is 6.16. The van der Waals surface area contributed by atoms with E-state index in [1.807, 2.05) is 6.92 Å². The molecule has 0 unspecified atom stereocenters. The predicted octanol–water partition coefficient (Wildman–Crippen LogP) is 4.51. The van der Waals surface area contributed by atoms with E-state index in [1.54, 1.807) is 30.3 Å². The quantitative estimate of drug-likeness (QED) is 0.548. The van der Waals surface area contributed by atoms with Crippen molar-refractivity contribution < 1.29 is 19.1 Å². The highest BCUT2D eigenvalue weighted by atomic mass is 35.5. The van der Waals surface area contributed by atoms with E-state index in [0.717, 1.165) is 16.9 Å².